The Hall–Kier alpha value is -2.27. The van der Waals surface area contributed by atoms with E-state index in [-0.39, 0.29) is 0 Å². The van der Waals surface area contributed by atoms with Gasteiger partial charge in [-0.05, 0) is 73.4 Å². The van der Waals surface area contributed by atoms with Gasteiger partial charge in [0.1, 0.15) is 0 Å². The van der Waals surface area contributed by atoms with E-state index in [0.717, 1.165) is 41.3 Å². The Morgan fingerprint density at radius 1 is 1.00 bits per heavy atom. The van der Waals surface area contributed by atoms with E-state index in [4.69, 9.17) is 4.98 Å². The number of thiazole rings is 1. The van der Waals surface area contributed by atoms with E-state index in [1.54, 1.807) is 11.3 Å². The van der Waals surface area contributed by atoms with Crippen LogP contribution in [-0.4, -0.2) is 15.7 Å². The molecule has 3 aromatic rings. The van der Waals surface area contributed by atoms with Gasteiger partial charge in [0, 0.05) is 6.20 Å². The summed E-state index contributed by atoms with van der Waals surface area (Å²) < 4.78 is 1.25. The summed E-state index contributed by atoms with van der Waals surface area (Å²) in [7, 11) is 0. The lowest BCUT2D eigenvalue weighted by Gasteiger charge is -2.15. The van der Waals surface area contributed by atoms with Crippen LogP contribution in [0.5, 0.6) is 0 Å². The second kappa shape index (κ2) is 5.67. The molecule has 0 bridgehead atoms. The standard InChI is InChI=1S/C19H18N4S/c1-5-13-10-16-17(11-14(13)6-1)24-19(21-16)23-22-15-8-2-4-12-7-3-9-20-18(12)15/h3,7,9-11H,1-2,4-6,8H2,(H,21,23)/b22-15+. The van der Waals surface area contributed by atoms with Crippen molar-refractivity contribution in [3.05, 3.63) is 52.8 Å². The Morgan fingerprint density at radius 2 is 1.83 bits per heavy atom. The molecule has 1 N–H and O–H groups in total. The summed E-state index contributed by atoms with van der Waals surface area (Å²) in [6.07, 6.45) is 8.71. The summed E-state index contributed by atoms with van der Waals surface area (Å²) in [5.74, 6) is 0. The first-order valence-electron chi connectivity index (χ1n) is 8.56. The van der Waals surface area contributed by atoms with Crippen molar-refractivity contribution in [3.63, 3.8) is 0 Å². The van der Waals surface area contributed by atoms with Gasteiger partial charge in [-0.2, -0.15) is 5.10 Å². The minimum absolute atomic E-state index is 0.865. The van der Waals surface area contributed by atoms with Crippen LogP contribution in [0.2, 0.25) is 0 Å². The molecular formula is C19H18N4S. The highest BCUT2D eigenvalue weighted by molar-refractivity contribution is 7.22. The van der Waals surface area contributed by atoms with Crippen molar-refractivity contribution in [2.45, 2.75) is 38.5 Å². The maximum atomic E-state index is 4.71. The van der Waals surface area contributed by atoms with E-state index in [1.165, 1.54) is 40.7 Å². The second-order valence-corrected chi connectivity index (χ2v) is 7.53. The second-order valence-electron chi connectivity index (χ2n) is 6.50. The molecule has 2 aliphatic carbocycles. The van der Waals surface area contributed by atoms with E-state index in [9.17, 15) is 0 Å². The minimum atomic E-state index is 0.865. The third-order valence-corrected chi connectivity index (χ3v) is 5.84. The lowest BCUT2D eigenvalue weighted by molar-refractivity contribution is 0.824. The molecule has 0 atom stereocenters. The van der Waals surface area contributed by atoms with Gasteiger partial charge in [0.05, 0.1) is 21.6 Å². The fourth-order valence-corrected chi connectivity index (χ4v) is 4.58. The number of pyridine rings is 1. The number of fused-ring (bicyclic) bond motifs is 3. The van der Waals surface area contributed by atoms with Crippen LogP contribution in [0, 0.1) is 0 Å². The fourth-order valence-electron chi connectivity index (χ4n) is 3.73. The van der Waals surface area contributed by atoms with E-state index in [2.05, 4.69) is 33.7 Å². The number of rotatable bonds is 2. The molecular weight excluding hydrogens is 316 g/mol. The number of nitrogens with zero attached hydrogens (tertiary/aromatic N) is 3. The third kappa shape index (κ3) is 2.40. The van der Waals surface area contributed by atoms with Crippen LogP contribution in [0.4, 0.5) is 5.13 Å². The zero-order valence-corrected chi connectivity index (χ0v) is 14.2. The molecule has 2 aromatic heterocycles. The zero-order valence-electron chi connectivity index (χ0n) is 13.4. The summed E-state index contributed by atoms with van der Waals surface area (Å²) in [6.45, 7) is 0. The van der Waals surface area contributed by atoms with Crippen molar-refractivity contribution < 1.29 is 0 Å². The molecule has 4 nitrogen and oxygen atoms in total. The molecule has 5 rings (SSSR count). The number of hydrogen-bond acceptors (Lipinski definition) is 5. The van der Waals surface area contributed by atoms with E-state index in [0.29, 0.717) is 0 Å². The fraction of sp³-hybridized carbons (Fsp3) is 0.316. The van der Waals surface area contributed by atoms with Crippen LogP contribution in [0.3, 0.4) is 0 Å². The molecule has 0 fully saturated rings. The summed E-state index contributed by atoms with van der Waals surface area (Å²) in [4.78, 5) is 9.22. The van der Waals surface area contributed by atoms with Gasteiger partial charge in [-0.25, -0.2) is 4.98 Å². The first-order chi connectivity index (χ1) is 11.9. The molecule has 0 aliphatic heterocycles. The molecule has 2 aliphatic rings. The highest BCUT2D eigenvalue weighted by atomic mass is 32.1. The Balaban J connectivity index is 1.45. The van der Waals surface area contributed by atoms with Crippen molar-refractivity contribution in [2.75, 3.05) is 5.43 Å². The van der Waals surface area contributed by atoms with E-state index < -0.39 is 0 Å². The highest BCUT2D eigenvalue weighted by Gasteiger charge is 2.17. The molecule has 5 heteroatoms. The first kappa shape index (κ1) is 14.1. The van der Waals surface area contributed by atoms with Crippen LogP contribution in [0.15, 0.2) is 35.6 Å². The lowest BCUT2D eigenvalue weighted by atomic mass is 9.95. The normalized spacial score (nSPS) is 17.9. The quantitative estimate of drug-likeness (QED) is 0.710. The summed E-state index contributed by atoms with van der Waals surface area (Å²) in [5, 5.41) is 5.49. The van der Waals surface area contributed by atoms with Crippen molar-refractivity contribution in [3.8, 4) is 0 Å². The van der Waals surface area contributed by atoms with Crippen LogP contribution in [0.1, 0.15) is 41.6 Å². The van der Waals surface area contributed by atoms with Crippen molar-refractivity contribution in [1.82, 2.24) is 9.97 Å². The van der Waals surface area contributed by atoms with Crippen LogP contribution >= 0.6 is 11.3 Å². The van der Waals surface area contributed by atoms with Gasteiger partial charge >= 0.3 is 0 Å². The third-order valence-electron chi connectivity index (χ3n) is 4.91. The van der Waals surface area contributed by atoms with Crippen molar-refractivity contribution in [1.29, 1.82) is 0 Å². The molecule has 0 unspecified atom stereocenters. The largest absolute Gasteiger partial charge is 0.255 e. The smallest absolute Gasteiger partial charge is 0.204 e. The summed E-state index contributed by atoms with van der Waals surface area (Å²) in [6, 6.07) is 8.72. The van der Waals surface area contributed by atoms with Gasteiger partial charge in [0.2, 0.25) is 5.13 Å². The molecule has 0 radical (unpaired) electrons. The highest BCUT2D eigenvalue weighted by Crippen LogP contribution is 2.32. The maximum absolute atomic E-state index is 4.71. The number of aromatic nitrogens is 2. The summed E-state index contributed by atoms with van der Waals surface area (Å²) >= 11 is 1.68. The Bertz CT molecular complexity index is 916. The number of benzene rings is 1. The number of hydrazone groups is 1. The van der Waals surface area contributed by atoms with Gasteiger partial charge in [0.15, 0.2) is 0 Å². The number of aryl methyl sites for hydroxylation is 3. The predicted molar refractivity (Wildman–Crippen MR) is 99.0 cm³/mol. The average molecular weight is 334 g/mol. The van der Waals surface area contributed by atoms with E-state index >= 15 is 0 Å². The Labute approximate surface area is 144 Å². The molecule has 2 heterocycles. The van der Waals surface area contributed by atoms with E-state index in [1.807, 2.05) is 12.3 Å². The first-order valence-corrected chi connectivity index (χ1v) is 9.38. The minimum Gasteiger partial charge on any atom is -0.255 e. The zero-order chi connectivity index (χ0) is 15.9. The van der Waals surface area contributed by atoms with Gasteiger partial charge in [-0.15, -0.1) is 0 Å². The van der Waals surface area contributed by atoms with Gasteiger partial charge in [0.25, 0.3) is 0 Å². The Kier molecular flexibility index (Phi) is 3.33. The van der Waals surface area contributed by atoms with Crippen LogP contribution < -0.4 is 5.43 Å². The molecule has 1 aromatic carbocycles. The molecule has 120 valence electrons. The molecule has 0 amide bonds. The number of anilines is 1. The van der Waals surface area contributed by atoms with Gasteiger partial charge < -0.3 is 0 Å². The summed E-state index contributed by atoms with van der Waals surface area (Å²) in [5.41, 5.74) is 10.6. The average Bonchev–Trinajstić information content (AvgIpc) is 3.23. The Morgan fingerprint density at radius 3 is 2.79 bits per heavy atom. The lowest BCUT2D eigenvalue weighted by Crippen LogP contribution is -2.15. The van der Waals surface area contributed by atoms with Crippen LogP contribution in [0.25, 0.3) is 10.2 Å². The maximum Gasteiger partial charge on any atom is 0.204 e. The topological polar surface area (TPSA) is 50.2 Å². The van der Waals surface area contributed by atoms with Gasteiger partial charge in [-0.1, -0.05) is 17.4 Å². The number of hydrogen-bond donors (Lipinski definition) is 1. The number of nitrogens with one attached hydrogen (secondary N) is 1. The monoisotopic (exact) mass is 334 g/mol. The molecule has 0 spiro atoms. The molecule has 0 saturated heterocycles. The van der Waals surface area contributed by atoms with Crippen molar-refractivity contribution in [2.24, 2.45) is 5.10 Å². The SMILES string of the molecule is c1cnc2c(c1)CCC/C2=N\Nc1nc2cc3c(cc2s1)CCC3. The molecule has 0 saturated carbocycles. The van der Waals surface area contributed by atoms with Gasteiger partial charge in [-0.3, -0.25) is 10.4 Å². The molecule has 24 heavy (non-hydrogen) atoms. The van der Waals surface area contributed by atoms with Crippen LogP contribution in [-0.2, 0) is 19.3 Å². The predicted octanol–water partition coefficient (Wildman–Crippen LogP) is 4.33. The van der Waals surface area contributed by atoms with Crippen molar-refractivity contribution >= 4 is 32.4 Å².